The number of unbranched alkanes of at least 4 members (excludes halogenated alkanes) is 1. The molecule has 116 valence electrons. The number of carbonyl (C=O) groups excluding carboxylic acids is 1. The van der Waals surface area contributed by atoms with Gasteiger partial charge in [0.25, 0.3) is 0 Å². The average molecular weight is 286 g/mol. The molecule has 6 heteroatoms. The molecule has 1 rings (SSSR count). The molecule has 1 saturated heterocycles. The molecule has 2 N–H and O–H groups in total. The van der Waals surface area contributed by atoms with Crippen LogP contribution in [0.25, 0.3) is 0 Å². The fraction of sp³-hybridized carbons (Fsp3) is 0.857. The predicted molar refractivity (Wildman–Crippen MR) is 75.7 cm³/mol. The fourth-order valence-corrected chi connectivity index (χ4v) is 2.37. The second-order valence-corrected chi connectivity index (χ2v) is 5.12. The van der Waals surface area contributed by atoms with E-state index in [1.807, 2.05) is 13.8 Å². The van der Waals surface area contributed by atoms with Crippen LogP contribution in [-0.4, -0.2) is 53.8 Å². The number of nitrogens with one attached hydrogen (secondary N) is 1. The maximum Gasteiger partial charge on any atom is 0.326 e. The van der Waals surface area contributed by atoms with E-state index in [0.717, 1.165) is 25.7 Å². The Morgan fingerprint density at radius 2 is 2.00 bits per heavy atom. The number of urea groups is 1. The third-order valence-corrected chi connectivity index (χ3v) is 3.57. The summed E-state index contributed by atoms with van der Waals surface area (Å²) in [7, 11) is 0. The summed E-state index contributed by atoms with van der Waals surface area (Å²) < 4.78 is 5.53. The van der Waals surface area contributed by atoms with Gasteiger partial charge < -0.3 is 20.1 Å². The number of carboxylic acids is 1. The van der Waals surface area contributed by atoms with Gasteiger partial charge in [0.1, 0.15) is 6.04 Å². The monoisotopic (exact) mass is 286 g/mol. The molecule has 0 unspecified atom stereocenters. The Bertz CT molecular complexity index is 314. The molecule has 1 aliphatic rings. The summed E-state index contributed by atoms with van der Waals surface area (Å²) in [6.07, 6.45) is 4.04. The molecule has 0 aromatic carbocycles. The van der Waals surface area contributed by atoms with Crippen LogP contribution in [0.15, 0.2) is 0 Å². The van der Waals surface area contributed by atoms with Crippen LogP contribution in [0.1, 0.15) is 46.0 Å². The third kappa shape index (κ3) is 5.36. The Morgan fingerprint density at radius 3 is 2.50 bits per heavy atom. The fourth-order valence-electron chi connectivity index (χ4n) is 2.37. The quantitative estimate of drug-likeness (QED) is 0.748. The lowest BCUT2D eigenvalue weighted by Crippen LogP contribution is -2.50. The molecule has 2 amide bonds. The van der Waals surface area contributed by atoms with E-state index in [9.17, 15) is 9.59 Å². The van der Waals surface area contributed by atoms with Crippen molar-refractivity contribution in [3.63, 3.8) is 0 Å². The first-order valence-electron chi connectivity index (χ1n) is 7.48. The largest absolute Gasteiger partial charge is 0.480 e. The van der Waals surface area contributed by atoms with Crippen molar-refractivity contribution in [2.75, 3.05) is 19.7 Å². The number of carbonyl (C=O) groups is 2. The van der Waals surface area contributed by atoms with Crippen LogP contribution in [0.3, 0.4) is 0 Å². The number of rotatable bonds is 7. The van der Waals surface area contributed by atoms with Crippen LogP contribution >= 0.6 is 0 Å². The number of piperidine rings is 1. The molecule has 6 nitrogen and oxygen atoms in total. The number of carboxylic acid groups (broad SMARTS) is 1. The highest BCUT2D eigenvalue weighted by Gasteiger charge is 2.26. The molecule has 0 spiro atoms. The number of nitrogens with zero attached hydrogens (tertiary/aromatic N) is 1. The van der Waals surface area contributed by atoms with Gasteiger partial charge in [-0.15, -0.1) is 0 Å². The van der Waals surface area contributed by atoms with E-state index in [4.69, 9.17) is 9.84 Å². The molecule has 1 heterocycles. The molecular formula is C14H26N2O4. The van der Waals surface area contributed by atoms with Crippen molar-refractivity contribution in [1.29, 1.82) is 0 Å². The summed E-state index contributed by atoms with van der Waals surface area (Å²) in [5, 5.41) is 11.7. The minimum absolute atomic E-state index is 0.222. The molecule has 20 heavy (non-hydrogen) atoms. The van der Waals surface area contributed by atoms with Crippen LogP contribution in [-0.2, 0) is 9.53 Å². The molecular weight excluding hydrogens is 260 g/mol. The van der Waals surface area contributed by atoms with Crippen molar-refractivity contribution in [2.45, 2.75) is 58.1 Å². The van der Waals surface area contributed by atoms with Gasteiger partial charge in [-0.1, -0.05) is 19.8 Å². The lowest BCUT2D eigenvalue weighted by Gasteiger charge is -2.32. The summed E-state index contributed by atoms with van der Waals surface area (Å²) in [6.45, 7) is 5.89. The van der Waals surface area contributed by atoms with Crippen molar-refractivity contribution >= 4 is 12.0 Å². The zero-order valence-corrected chi connectivity index (χ0v) is 12.4. The van der Waals surface area contributed by atoms with Crippen molar-refractivity contribution in [3.8, 4) is 0 Å². The molecule has 0 aromatic rings. The summed E-state index contributed by atoms with van der Waals surface area (Å²) in [5.41, 5.74) is 0. The third-order valence-electron chi connectivity index (χ3n) is 3.57. The smallest absolute Gasteiger partial charge is 0.326 e. The van der Waals surface area contributed by atoms with Gasteiger partial charge in [-0.25, -0.2) is 9.59 Å². The Kier molecular flexibility index (Phi) is 7.36. The molecule has 0 radical (unpaired) electrons. The van der Waals surface area contributed by atoms with Gasteiger partial charge in [0, 0.05) is 19.7 Å². The van der Waals surface area contributed by atoms with Crippen molar-refractivity contribution in [2.24, 2.45) is 0 Å². The van der Waals surface area contributed by atoms with E-state index in [1.54, 1.807) is 4.90 Å². The summed E-state index contributed by atoms with van der Waals surface area (Å²) in [4.78, 5) is 24.8. The topological polar surface area (TPSA) is 78.9 Å². The van der Waals surface area contributed by atoms with Crippen LogP contribution in [0.2, 0.25) is 0 Å². The average Bonchev–Trinajstić information content (AvgIpc) is 2.44. The normalized spacial score (nSPS) is 17.8. The Morgan fingerprint density at radius 1 is 1.35 bits per heavy atom. The van der Waals surface area contributed by atoms with Crippen LogP contribution in [0.5, 0.6) is 0 Å². The number of aliphatic carboxylic acids is 1. The first kappa shape index (κ1) is 16.8. The first-order valence-corrected chi connectivity index (χ1v) is 7.48. The Hall–Kier alpha value is -1.30. The maximum atomic E-state index is 12.1. The molecule has 0 saturated carbocycles. The predicted octanol–water partition coefficient (Wildman–Crippen LogP) is 1.84. The molecule has 0 aliphatic carbocycles. The number of hydrogen-bond acceptors (Lipinski definition) is 3. The highest BCUT2D eigenvalue weighted by molar-refractivity contribution is 5.82. The van der Waals surface area contributed by atoms with Crippen LogP contribution in [0.4, 0.5) is 4.79 Å². The van der Waals surface area contributed by atoms with Gasteiger partial charge in [0.2, 0.25) is 0 Å². The van der Waals surface area contributed by atoms with Crippen molar-refractivity contribution in [1.82, 2.24) is 10.2 Å². The van der Waals surface area contributed by atoms with E-state index >= 15 is 0 Å². The van der Waals surface area contributed by atoms with Gasteiger partial charge in [-0.2, -0.15) is 0 Å². The lowest BCUT2D eigenvalue weighted by atomic mass is 10.1. The van der Waals surface area contributed by atoms with Crippen molar-refractivity contribution < 1.29 is 19.4 Å². The minimum atomic E-state index is -0.962. The summed E-state index contributed by atoms with van der Waals surface area (Å²) in [6, 6.07) is -1.06. The number of ether oxygens (including phenoxy) is 1. The lowest BCUT2D eigenvalue weighted by molar-refractivity contribution is -0.139. The van der Waals surface area contributed by atoms with Gasteiger partial charge in [-0.05, 0) is 26.2 Å². The molecule has 1 aliphatic heterocycles. The first-order chi connectivity index (χ1) is 9.58. The van der Waals surface area contributed by atoms with Gasteiger partial charge in [0.05, 0.1) is 6.10 Å². The van der Waals surface area contributed by atoms with Gasteiger partial charge in [-0.3, -0.25) is 0 Å². The van der Waals surface area contributed by atoms with E-state index in [-0.39, 0.29) is 12.1 Å². The minimum Gasteiger partial charge on any atom is -0.480 e. The number of amides is 2. The van der Waals surface area contributed by atoms with E-state index in [0.29, 0.717) is 26.1 Å². The molecule has 1 atom stereocenters. The zero-order chi connectivity index (χ0) is 15.0. The van der Waals surface area contributed by atoms with Gasteiger partial charge >= 0.3 is 12.0 Å². The number of hydrogen-bond donors (Lipinski definition) is 2. The molecule has 0 aromatic heterocycles. The Balaban J connectivity index is 2.39. The highest BCUT2D eigenvalue weighted by atomic mass is 16.5. The Labute approximate surface area is 120 Å². The molecule has 0 bridgehead atoms. The van der Waals surface area contributed by atoms with E-state index < -0.39 is 12.0 Å². The summed E-state index contributed by atoms with van der Waals surface area (Å²) in [5.74, 6) is -0.962. The second-order valence-electron chi connectivity index (χ2n) is 5.12. The zero-order valence-electron chi connectivity index (χ0n) is 12.4. The molecule has 1 fully saturated rings. The van der Waals surface area contributed by atoms with Crippen molar-refractivity contribution in [3.05, 3.63) is 0 Å². The van der Waals surface area contributed by atoms with E-state index in [1.165, 1.54) is 0 Å². The van der Waals surface area contributed by atoms with E-state index in [2.05, 4.69) is 5.32 Å². The van der Waals surface area contributed by atoms with Gasteiger partial charge in [0.15, 0.2) is 0 Å². The van der Waals surface area contributed by atoms with Crippen LogP contribution < -0.4 is 5.32 Å². The summed E-state index contributed by atoms with van der Waals surface area (Å²) >= 11 is 0. The number of likely N-dealkylation sites (tertiary alicyclic amines) is 1. The second kappa shape index (κ2) is 8.79. The SMILES string of the molecule is CCCC[C@H](NC(=O)N1CCC(OCC)CC1)C(=O)O. The maximum absolute atomic E-state index is 12.1. The highest BCUT2D eigenvalue weighted by Crippen LogP contribution is 2.14. The van der Waals surface area contributed by atoms with Crippen LogP contribution in [0, 0.1) is 0 Å². The standard InChI is InChI=1S/C14H26N2O4/c1-3-5-6-12(13(17)18)15-14(19)16-9-7-11(8-10-16)20-4-2/h11-12H,3-10H2,1-2H3,(H,15,19)(H,17,18)/t12-/m0/s1.